The third-order valence-corrected chi connectivity index (χ3v) is 8.51. The quantitative estimate of drug-likeness (QED) is 0.541. The van der Waals surface area contributed by atoms with Crippen LogP contribution in [0.2, 0.25) is 0 Å². The Morgan fingerprint density at radius 3 is 2.32 bits per heavy atom. The molecule has 0 aliphatic carbocycles. The summed E-state index contributed by atoms with van der Waals surface area (Å²) in [5.74, 6) is -0.528. The number of benzene rings is 2. The number of carbonyl (C=O) groups is 1. The van der Waals surface area contributed by atoms with Crippen molar-refractivity contribution >= 4 is 27.3 Å². The van der Waals surface area contributed by atoms with Crippen molar-refractivity contribution in [1.29, 1.82) is 5.26 Å². The number of sulfonamides is 1. The maximum absolute atomic E-state index is 13.4. The van der Waals surface area contributed by atoms with Crippen molar-refractivity contribution in [2.24, 2.45) is 0 Å². The third-order valence-electron chi connectivity index (χ3n) is 5.66. The van der Waals surface area contributed by atoms with E-state index in [1.807, 2.05) is 28.5 Å². The van der Waals surface area contributed by atoms with Gasteiger partial charge in [0.2, 0.25) is 15.9 Å². The zero-order valence-electron chi connectivity index (χ0n) is 18.2. The van der Waals surface area contributed by atoms with Gasteiger partial charge < -0.3 is 5.32 Å². The van der Waals surface area contributed by atoms with Crippen LogP contribution in [0, 0.1) is 17.1 Å². The fourth-order valence-electron chi connectivity index (χ4n) is 3.82. The Balaban J connectivity index is 1.36. The molecule has 0 saturated carbocycles. The van der Waals surface area contributed by atoms with Crippen LogP contribution in [0.5, 0.6) is 0 Å². The second-order valence-electron chi connectivity index (χ2n) is 7.88. The first-order valence-corrected chi connectivity index (χ1v) is 13.0. The monoisotopic (exact) mass is 498 g/mol. The lowest BCUT2D eigenvalue weighted by Crippen LogP contribution is -2.51. The zero-order valence-corrected chi connectivity index (χ0v) is 19.9. The molecule has 0 spiro atoms. The summed E-state index contributed by atoms with van der Waals surface area (Å²) >= 11 is 1.51. The summed E-state index contributed by atoms with van der Waals surface area (Å²) in [7, 11) is -3.66. The van der Waals surface area contributed by atoms with Gasteiger partial charge in [-0.25, -0.2) is 12.8 Å². The maximum Gasteiger partial charge on any atom is 0.243 e. The molecule has 4 rings (SSSR count). The molecule has 34 heavy (non-hydrogen) atoms. The highest BCUT2D eigenvalue weighted by Crippen LogP contribution is 2.26. The maximum atomic E-state index is 13.4. The number of nitrogens with one attached hydrogen (secondary N) is 1. The van der Waals surface area contributed by atoms with Crippen LogP contribution >= 0.6 is 11.3 Å². The Bertz CT molecular complexity index is 1260. The summed E-state index contributed by atoms with van der Waals surface area (Å²) in [5.41, 5.74) is 1.19. The van der Waals surface area contributed by atoms with Gasteiger partial charge in [-0.15, -0.1) is 11.3 Å². The van der Waals surface area contributed by atoms with E-state index in [1.54, 1.807) is 12.1 Å². The van der Waals surface area contributed by atoms with E-state index >= 15 is 0 Å². The number of piperazine rings is 1. The van der Waals surface area contributed by atoms with E-state index in [0.717, 1.165) is 10.4 Å². The lowest BCUT2D eigenvalue weighted by Gasteiger charge is -2.33. The number of amides is 1. The van der Waals surface area contributed by atoms with E-state index in [1.165, 1.54) is 52.0 Å². The highest BCUT2D eigenvalue weighted by molar-refractivity contribution is 7.89. The average Bonchev–Trinajstić information content (AvgIpc) is 3.38. The van der Waals surface area contributed by atoms with Crippen LogP contribution in [0.1, 0.15) is 22.0 Å². The minimum atomic E-state index is -3.66. The largest absolute Gasteiger partial charge is 0.343 e. The summed E-state index contributed by atoms with van der Waals surface area (Å²) in [6.07, 6.45) is 0. The molecular weight excluding hydrogens is 475 g/mol. The van der Waals surface area contributed by atoms with Crippen molar-refractivity contribution in [3.63, 3.8) is 0 Å². The lowest BCUT2D eigenvalue weighted by molar-refractivity contribution is -0.123. The van der Waals surface area contributed by atoms with Crippen LogP contribution in [-0.4, -0.2) is 56.3 Å². The van der Waals surface area contributed by atoms with Crippen LogP contribution in [0.15, 0.2) is 70.9 Å². The molecule has 1 aliphatic rings. The number of rotatable bonds is 7. The molecule has 176 valence electrons. The molecule has 1 N–H and O–H groups in total. The second-order valence-corrected chi connectivity index (χ2v) is 10.8. The van der Waals surface area contributed by atoms with E-state index in [4.69, 9.17) is 5.26 Å². The Morgan fingerprint density at radius 2 is 1.74 bits per heavy atom. The molecule has 0 unspecified atom stereocenters. The minimum absolute atomic E-state index is 0.133. The molecule has 1 atom stereocenters. The van der Waals surface area contributed by atoms with E-state index in [-0.39, 0.29) is 42.3 Å². The highest BCUT2D eigenvalue weighted by atomic mass is 32.2. The minimum Gasteiger partial charge on any atom is -0.343 e. The summed E-state index contributed by atoms with van der Waals surface area (Å²) in [6.45, 7) is 1.50. The summed E-state index contributed by atoms with van der Waals surface area (Å²) in [4.78, 5) is 15.8. The van der Waals surface area contributed by atoms with Crippen molar-refractivity contribution in [3.05, 3.63) is 87.9 Å². The topological polar surface area (TPSA) is 93.5 Å². The van der Waals surface area contributed by atoms with Gasteiger partial charge in [-0.1, -0.05) is 18.2 Å². The van der Waals surface area contributed by atoms with Gasteiger partial charge in [-0.3, -0.25) is 9.69 Å². The Kier molecular flexibility index (Phi) is 7.38. The molecule has 10 heteroatoms. The number of halogens is 1. The van der Waals surface area contributed by atoms with Crippen molar-refractivity contribution in [3.8, 4) is 6.07 Å². The van der Waals surface area contributed by atoms with E-state index in [0.29, 0.717) is 18.7 Å². The standard InChI is InChI=1S/C24H23FN4O3S2/c25-20-7-5-19(6-8-20)24(22-2-1-15-33-22)27-23(30)17-28-11-13-29(14-12-28)34(31,32)21-9-3-18(16-26)4-10-21/h1-10,15,24H,11-14,17H2,(H,27,30)/t24-/m1/s1. The van der Waals surface area contributed by atoms with Crippen molar-refractivity contribution < 1.29 is 17.6 Å². The van der Waals surface area contributed by atoms with E-state index in [9.17, 15) is 17.6 Å². The van der Waals surface area contributed by atoms with Gasteiger partial charge in [0.1, 0.15) is 5.82 Å². The van der Waals surface area contributed by atoms with Gasteiger partial charge >= 0.3 is 0 Å². The average molecular weight is 499 g/mol. The van der Waals surface area contributed by atoms with Crippen LogP contribution in [0.25, 0.3) is 0 Å². The number of thiophene rings is 1. The predicted molar refractivity (Wildman–Crippen MR) is 127 cm³/mol. The van der Waals surface area contributed by atoms with Gasteiger partial charge in [0, 0.05) is 31.1 Å². The van der Waals surface area contributed by atoms with Gasteiger partial charge in [0.15, 0.2) is 0 Å². The number of nitriles is 1. The third kappa shape index (κ3) is 5.51. The molecule has 2 heterocycles. The SMILES string of the molecule is N#Cc1ccc(S(=O)(=O)N2CCN(CC(=O)N[C@H](c3ccc(F)cc3)c3cccs3)CC2)cc1. The Hall–Kier alpha value is -3.10. The highest BCUT2D eigenvalue weighted by Gasteiger charge is 2.29. The van der Waals surface area contributed by atoms with Gasteiger partial charge in [-0.2, -0.15) is 9.57 Å². The predicted octanol–water partition coefficient (Wildman–Crippen LogP) is 2.97. The molecule has 0 bridgehead atoms. The number of nitrogens with zero attached hydrogens (tertiary/aromatic N) is 3. The molecule has 1 amide bonds. The molecule has 1 saturated heterocycles. The summed E-state index contributed by atoms with van der Waals surface area (Å²) in [6, 6.07) is 17.3. The first-order chi connectivity index (χ1) is 16.4. The normalized spacial score (nSPS) is 16.0. The molecule has 0 radical (unpaired) electrons. The zero-order chi connectivity index (χ0) is 24.1. The molecular formula is C24H23FN4O3S2. The molecule has 7 nitrogen and oxygen atoms in total. The summed E-state index contributed by atoms with van der Waals surface area (Å²) in [5, 5.41) is 13.9. The van der Waals surface area contributed by atoms with Crippen LogP contribution in [0.3, 0.4) is 0 Å². The lowest BCUT2D eigenvalue weighted by atomic mass is 10.1. The van der Waals surface area contributed by atoms with Crippen LogP contribution in [0.4, 0.5) is 4.39 Å². The van der Waals surface area contributed by atoms with Crippen molar-refractivity contribution in [1.82, 2.24) is 14.5 Å². The Morgan fingerprint density at radius 1 is 1.06 bits per heavy atom. The molecule has 2 aromatic carbocycles. The smallest absolute Gasteiger partial charge is 0.243 e. The first kappa shape index (κ1) is 24.0. The van der Waals surface area contributed by atoms with Gasteiger partial charge in [0.05, 0.1) is 29.1 Å². The van der Waals surface area contributed by atoms with Gasteiger partial charge in [-0.05, 0) is 53.4 Å². The van der Waals surface area contributed by atoms with Crippen LogP contribution in [-0.2, 0) is 14.8 Å². The Labute approximate surface area is 202 Å². The molecule has 1 fully saturated rings. The fourth-order valence-corrected chi connectivity index (χ4v) is 6.04. The molecule has 1 aromatic heterocycles. The second kappa shape index (κ2) is 10.4. The van der Waals surface area contributed by atoms with Crippen LogP contribution < -0.4 is 5.32 Å². The molecule has 1 aliphatic heterocycles. The van der Waals surface area contributed by atoms with E-state index in [2.05, 4.69) is 5.32 Å². The van der Waals surface area contributed by atoms with E-state index < -0.39 is 10.0 Å². The molecule has 3 aromatic rings. The summed E-state index contributed by atoms with van der Waals surface area (Å²) < 4.78 is 40.6. The fraction of sp³-hybridized carbons (Fsp3) is 0.250. The number of carbonyl (C=O) groups excluding carboxylic acids is 1. The van der Waals surface area contributed by atoms with Gasteiger partial charge in [0.25, 0.3) is 0 Å². The number of hydrogen-bond acceptors (Lipinski definition) is 6. The van der Waals surface area contributed by atoms with Crippen molar-refractivity contribution in [2.75, 3.05) is 32.7 Å². The first-order valence-electron chi connectivity index (χ1n) is 10.7. The van der Waals surface area contributed by atoms with Crippen molar-refractivity contribution in [2.45, 2.75) is 10.9 Å². The number of hydrogen-bond donors (Lipinski definition) is 1.